The van der Waals surface area contributed by atoms with Crippen LogP contribution in [0.25, 0.3) is 0 Å². The molecule has 2 aromatic carbocycles. The Labute approximate surface area is 127 Å². The molecule has 0 spiro atoms. The first kappa shape index (κ1) is 14.7. The molecule has 0 aliphatic rings. The second kappa shape index (κ2) is 6.64. The molecule has 2 aromatic rings. The van der Waals surface area contributed by atoms with Crippen molar-refractivity contribution in [3.63, 3.8) is 0 Å². The maximum absolute atomic E-state index is 10.5. The van der Waals surface area contributed by atoms with E-state index in [1.54, 1.807) is 49.4 Å². The molecule has 0 radical (unpaired) electrons. The summed E-state index contributed by atoms with van der Waals surface area (Å²) in [7, 11) is 0. The lowest BCUT2D eigenvalue weighted by Gasteiger charge is -2.10. The molecule has 1 atom stereocenters. The first-order valence-electron chi connectivity index (χ1n) is 5.93. The van der Waals surface area contributed by atoms with Gasteiger partial charge in [0.25, 0.3) is 0 Å². The Morgan fingerprint density at radius 3 is 2.30 bits per heavy atom. The van der Waals surface area contributed by atoms with Crippen molar-refractivity contribution in [2.45, 2.75) is 13.0 Å². The van der Waals surface area contributed by atoms with Crippen molar-refractivity contribution in [1.82, 2.24) is 0 Å². The number of halogens is 2. The number of rotatable bonds is 5. The van der Waals surface area contributed by atoms with Crippen molar-refractivity contribution in [2.24, 2.45) is 0 Å². The van der Waals surface area contributed by atoms with E-state index in [4.69, 9.17) is 32.7 Å². The van der Waals surface area contributed by atoms with Gasteiger partial charge in [-0.15, -0.1) is 0 Å². The molecule has 0 amide bonds. The van der Waals surface area contributed by atoms with Gasteiger partial charge in [0.15, 0.2) is 12.4 Å². The van der Waals surface area contributed by atoms with Crippen LogP contribution < -0.4 is 9.47 Å². The molecule has 0 saturated carbocycles. The summed E-state index contributed by atoms with van der Waals surface area (Å²) in [5.74, 6) is 1.73. The minimum Gasteiger partial charge on any atom is -0.483 e. The Morgan fingerprint density at radius 1 is 1.05 bits per heavy atom. The van der Waals surface area contributed by atoms with Crippen molar-refractivity contribution in [2.75, 3.05) is 0 Å². The molecule has 1 unspecified atom stereocenters. The highest BCUT2D eigenvalue weighted by molar-refractivity contribution is 6.35. The number of carbonyl (C=O) groups excluding carboxylic acids is 1. The zero-order valence-electron chi connectivity index (χ0n) is 10.7. The van der Waals surface area contributed by atoms with Gasteiger partial charge in [0.05, 0.1) is 5.02 Å². The average Bonchev–Trinajstić information content (AvgIpc) is 2.44. The largest absolute Gasteiger partial charge is 0.483 e. The molecule has 20 heavy (non-hydrogen) atoms. The van der Waals surface area contributed by atoms with E-state index < -0.39 is 6.10 Å². The maximum atomic E-state index is 10.5. The van der Waals surface area contributed by atoms with Crippen molar-refractivity contribution < 1.29 is 14.3 Å². The third kappa shape index (κ3) is 3.89. The van der Waals surface area contributed by atoms with Gasteiger partial charge in [-0.25, -0.2) is 0 Å². The van der Waals surface area contributed by atoms with Gasteiger partial charge < -0.3 is 9.47 Å². The van der Waals surface area contributed by atoms with E-state index in [9.17, 15) is 4.79 Å². The molecule has 0 aromatic heterocycles. The second-order valence-corrected chi connectivity index (χ2v) is 4.95. The van der Waals surface area contributed by atoms with Crippen molar-refractivity contribution in [1.29, 1.82) is 0 Å². The van der Waals surface area contributed by atoms with Crippen LogP contribution >= 0.6 is 23.2 Å². The lowest BCUT2D eigenvalue weighted by molar-refractivity contribution is -0.113. The predicted octanol–water partition coefficient (Wildman–Crippen LogP) is 4.75. The van der Waals surface area contributed by atoms with Gasteiger partial charge in [-0.3, -0.25) is 4.79 Å². The molecule has 0 bridgehead atoms. The van der Waals surface area contributed by atoms with Crippen molar-refractivity contribution in [3.05, 3.63) is 52.5 Å². The van der Waals surface area contributed by atoms with Crippen molar-refractivity contribution >= 4 is 29.5 Å². The van der Waals surface area contributed by atoms with Crippen LogP contribution in [-0.4, -0.2) is 12.4 Å². The van der Waals surface area contributed by atoms with Gasteiger partial charge in [-0.1, -0.05) is 23.2 Å². The zero-order valence-corrected chi connectivity index (χ0v) is 12.2. The van der Waals surface area contributed by atoms with E-state index in [0.717, 1.165) is 6.29 Å². The predicted molar refractivity (Wildman–Crippen MR) is 79.1 cm³/mol. The number of hydrogen-bond acceptors (Lipinski definition) is 3. The topological polar surface area (TPSA) is 35.5 Å². The first-order valence-corrected chi connectivity index (χ1v) is 6.69. The molecule has 0 fully saturated rings. The highest BCUT2D eigenvalue weighted by Crippen LogP contribution is 2.32. The normalized spacial score (nSPS) is 11.8. The number of aldehydes is 1. The Kier molecular flexibility index (Phi) is 4.88. The van der Waals surface area contributed by atoms with Crippen LogP contribution in [-0.2, 0) is 4.79 Å². The Bertz CT molecular complexity index is 597. The molecule has 0 saturated heterocycles. The summed E-state index contributed by atoms with van der Waals surface area (Å²) in [5.41, 5.74) is 0. The van der Waals surface area contributed by atoms with Gasteiger partial charge in [-0.05, 0) is 49.4 Å². The smallest absolute Gasteiger partial charge is 0.160 e. The zero-order chi connectivity index (χ0) is 14.5. The highest BCUT2D eigenvalue weighted by atomic mass is 35.5. The van der Waals surface area contributed by atoms with Gasteiger partial charge >= 0.3 is 0 Å². The molecule has 0 heterocycles. The summed E-state index contributed by atoms with van der Waals surface area (Å²) in [6.07, 6.45) is 0.255. The van der Waals surface area contributed by atoms with Crippen LogP contribution in [0.3, 0.4) is 0 Å². The number of ether oxygens (including phenoxy) is 2. The van der Waals surface area contributed by atoms with Crippen LogP contribution in [0.2, 0.25) is 10.0 Å². The molecule has 0 aliphatic carbocycles. The quantitative estimate of drug-likeness (QED) is 0.747. The summed E-state index contributed by atoms with van der Waals surface area (Å²) in [5, 5.41) is 0.987. The third-order valence-electron chi connectivity index (χ3n) is 2.46. The fourth-order valence-corrected chi connectivity index (χ4v) is 1.96. The lowest BCUT2D eigenvalue weighted by Crippen LogP contribution is -2.12. The van der Waals surface area contributed by atoms with Gasteiger partial charge in [0, 0.05) is 5.02 Å². The van der Waals surface area contributed by atoms with Crippen LogP contribution in [0.5, 0.6) is 17.2 Å². The summed E-state index contributed by atoms with van der Waals surface area (Å²) >= 11 is 11.8. The summed E-state index contributed by atoms with van der Waals surface area (Å²) < 4.78 is 11.0. The highest BCUT2D eigenvalue weighted by Gasteiger charge is 2.05. The van der Waals surface area contributed by atoms with Crippen LogP contribution in [0.15, 0.2) is 42.5 Å². The van der Waals surface area contributed by atoms with Gasteiger partial charge in [0.1, 0.15) is 17.2 Å². The minimum atomic E-state index is -0.479. The molecule has 104 valence electrons. The number of benzene rings is 2. The molecule has 0 aliphatic heterocycles. The van der Waals surface area contributed by atoms with Gasteiger partial charge in [-0.2, -0.15) is 0 Å². The number of hydrogen-bond donors (Lipinski definition) is 0. The van der Waals surface area contributed by atoms with E-state index in [1.807, 2.05) is 0 Å². The van der Waals surface area contributed by atoms with Gasteiger partial charge in [0.2, 0.25) is 0 Å². The minimum absolute atomic E-state index is 0.437. The molecule has 0 N–H and O–H groups in total. The first-order chi connectivity index (χ1) is 9.58. The summed E-state index contributed by atoms with van der Waals surface area (Å²) in [6, 6.07) is 11.9. The van der Waals surface area contributed by atoms with Crippen LogP contribution in [0, 0.1) is 0 Å². The van der Waals surface area contributed by atoms with E-state index in [2.05, 4.69) is 0 Å². The monoisotopic (exact) mass is 310 g/mol. The second-order valence-electron chi connectivity index (χ2n) is 4.11. The van der Waals surface area contributed by atoms with E-state index in [-0.39, 0.29) is 0 Å². The molecule has 2 rings (SSSR count). The lowest BCUT2D eigenvalue weighted by atomic mass is 10.3. The standard InChI is InChI=1S/C15H12Cl2O3/c1-10(9-18)19-12-3-5-13(6-4-12)20-15-7-2-11(16)8-14(15)17/h2-10H,1H3. The average molecular weight is 311 g/mol. The molecular formula is C15H12Cl2O3. The van der Waals surface area contributed by atoms with E-state index >= 15 is 0 Å². The maximum Gasteiger partial charge on any atom is 0.160 e. The molecular weight excluding hydrogens is 299 g/mol. The third-order valence-corrected chi connectivity index (χ3v) is 2.99. The molecule has 3 nitrogen and oxygen atoms in total. The number of carbonyl (C=O) groups is 1. The van der Waals surface area contributed by atoms with Crippen LogP contribution in [0.4, 0.5) is 0 Å². The molecule has 5 heteroatoms. The van der Waals surface area contributed by atoms with E-state index in [1.165, 1.54) is 0 Å². The Balaban J connectivity index is 2.08. The fourth-order valence-electron chi connectivity index (χ4n) is 1.51. The summed E-state index contributed by atoms with van der Waals surface area (Å²) in [6.45, 7) is 1.67. The van der Waals surface area contributed by atoms with Crippen molar-refractivity contribution in [3.8, 4) is 17.2 Å². The van der Waals surface area contributed by atoms with Crippen LogP contribution in [0.1, 0.15) is 6.92 Å². The Morgan fingerprint density at radius 2 is 1.70 bits per heavy atom. The Hall–Kier alpha value is -1.71. The SMILES string of the molecule is CC(C=O)Oc1ccc(Oc2ccc(Cl)cc2Cl)cc1. The summed E-state index contributed by atoms with van der Waals surface area (Å²) in [4.78, 5) is 10.5. The fraction of sp³-hybridized carbons (Fsp3) is 0.133. The van der Waals surface area contributed by atoms with E-state index in [0.29, 0.717) is 27.3 Å².